The molecule has 0 unspecified atom stereocenters. The van der Waals surface area contributed by atoms with Gasteiger partial charge in [-0.1, -0.05) is 17.7 Å². The summed E-state index contributed by atoms with van der Waals surface area (Å²) in [5.74, 6) is -0.134. The number of amides is 1. The van der Waals surface area contributed by atoms with Gasteiger partial charge in [0, 0.05) is 24.4 Å². The molecule has 0 fully saturated rings. The van der Waals surface area contributed by atoms with Crippen molar-refractivity contribution in [3.8, 4) is 0 Å². The van der Waals surface area contributed by atoms with Gasteiger partial charge >= 0.3 is 0 Å². The summed E-state index contributed by atoms with van der Waals surface area (Å²) in [6.07, 6.45) is -0.0125. The Morgan fingerprint density at radius 1 is 1.04 bits per heavy atom. The molecule has 8 heteroatoms. The number of aryl methyl sites for hydroxylation is 3. The molecule has 7 nitrogen and oxygen atoms in total. The first-order chi connectivity index (χ1) is 11.3. The molecule has 0 aliphatic heterocycles. The molecule has 0 atom stereocenters. The van der Waals surface area contributed by atoms with Crippen molar-refractivity contribution >= 4 is 21.9 Å². The Morgan fingerprint density at radius 2 is 1.62 bits per heavy atom. The van der Waals surface area contributed by atoms with Gasteiger partial charge in [0.15, 0.2) is 0 Å². The number of nitrogens with one attached hydrogen (secondary N) is 2. The normalized spacial score (nSPS) is 11.3. The lowest BCUT2D eigenvalue weighted by Crippen LogP contribution is -2.28. The molecule has 0 radical (unpaired) electrons. The lowest BCUT2D eigenvalue weighted by Gasteiger charge is -2.08. The number of rotatable bonds is 6. The van der Waals surface area contributed by atoms with Crippen molar-refractivity contribution in [2.24, 2.45) is 0 Å². The van der Waals surface area contributed by atoms with Gasteiger partial charge in [-0.2, -0.15) is 0 Å². The molecule has 128 valence electrons. The van der Waals surface area contributed by atoms with Crippen molar-refractivity contribution in [2.45, 2.75) is 32.1 Å². The van der Waals surface area contributed by atoms with E-state index in [0.29, 0.717) is 0 Å². The zero-order valence-corrected chi connectivity index (χ0v) is 14.6. The quantitative estimate of drug-likeness (QED) is 0.827. The molecule has 0 saturated carbocycles. The van der Waals surface area contributed by atoms with Gasteiger partial charge in [0.2, 0.25) is 21.9 Å². The second-order valence-electron chi connectivity index (χ2n) is 5.48. The summed E-state index contributed by atoms with van der Waals surface area (Å²) in [6.45, 7) is 5.48. The van der Waals surface area contributed by atoms with Crippen molar-refractivity contribution in [1.29, 1.82) is 0 Å². The first-order valence-electron chi connectivity index (χ1n) is 7.45. The van der Waals surface area contributed by atoms with Crippen LogP contribution in [0.25, 0.3) is 0 Å². The van der Waals surface area contributed by atoms with Gasteiger partial charge in [-0.05, 0) is 39.0 Å². The van der Waals surface area contributed by atoms with Crippen molar-refractivity contribution in [3.63, 3.8) is 0 Å². The zero-order valence-electron chi connectivity index (χ0n) is 13.8. The van der Waals surface area contributed by atoms with Crippen LogP contribution >= 0.6 is 0 Å². The van der Waals surface area contributed by atoms with Gasteiger partial charge in [-0.15, -0.1) is 0 Å². The van der Waals surface area contributed by atoms with E-state index in [4.69, 9.17) is 0 Å². The largest absolute Gasteiger partial charge is 0.294 e. The standard InChI is InChI=1S/C16H20N4O3S/c1-11-4-6-14(7-5-11)24(22,23)17-9-8-15(21)20-16-18-12(2)10-13(3)19-16/h4-7,10,17H,8-9H2,1-3H3,(H,18,19,20,21). The molecule has 0 spiro atoms. The summed E-state index contributed by atoms with van der Waals surface area (Å²) < 4.78 is 26.6. The summed E-state index contributed by atoms with van der Waals surface area (Å²) in [5, 5.41) is 2.56. The van der Waals surface area contributed by atoms with E-state index in [0.717, 1.165) is 17.0 Å². The Labute approximate surface area is 141 Å². The second kappa shape index (κ2) is 7.50. The minimum absolute atomic E-state index is 0.00710. The maximum atomic E-state index is 12.1. The average Bonchev–Trinajstić information content (AvgIpc) is 2.46. The van der Waals surface area contributed by atoms with Crippen molar-refractivity contribution in [2.75, 3.05) is 11.9 Å². The monoisotopic (exact) mass is 348 g/mol. The van der Waals surface area contributed by atoms with Gasteiger partial charge in [-0.3, -0.25) is 10.1 Å². The summed E-state index contributed by atoms with van der Waals surface area (Å²) in [7, 11) is -3.62. The third-order valence-electron chi connectivity index (χ3n) is 3.21. The molecule has 2 aromatic rings. The first kappa shape index (κ1) is 18.0. The molecule has 0 aliphatic carbocycles. The highest BCUT2D eigenvalue weighted by molar-refractivity contribution is 7.89. The number of aromatic nitrogens is 2. The molecule has 2 N–H and O–H groups in total. The number of hydrogen-bond acceptors (Lipinski definition) is 5. The number of carbonyl (C=O) groups excluding carboxylic acids is 1. The van der Waals surface area contributed by atoms with E-state index in [9.17, 15) is 13.2 Å². The average molecular weight is 348 g/mol. The van der Waals surface area contributed by atoms with Crippen LogP contribution in [0, 0.1) is 20.8 Å². The molecule has 1 amide bonds. The fourth-order valence-electron chi connectivity index (χ4n) is 2.07. The Balaban J connectivity index is 1.89. The Morgan fingerprint density at radius 3 is 2.21 bits per heavy atom. The van der Waals surface area contributed by atoms with Gasteiger partial charge in [0.25, 0.3) is 0 Å². The van der Waals surface area contributed by atoms with E-state index in [1.807, 2.05) is 6.92 Å². The van der Waals surface area contributed by atoms with Gasteiger partial charge in [0.1, 0.15) is 0 Å². The molecule has 1 aromatic carbocycles. The maximum absolute atomic E-state index is 12.1. The van der Waals surface area contributed by atoms with Crippen molar-refractivity contribution in [1.82, 2.24) is 14.7 Å². The van der Waals surface area contributed by atoms with Crippen LogP contribution in [-0.2, 0) is 14.8 Å². The van der Waals surface area contributed by atoms with Crippen LogP contribution in [0.4, 0.5) is 5.95 Å². The van der Waals surface area contributed by atoms with Gasteiger partial charge in [-0.25, -0.2) is 23.1 Å². The number of carbonyl (C=O) groups is 1. The predicted molar refractivity (Wildman–Crippen MR) is 91.1 cm³/mol. The topological polar surface area (TPSA) is 101 Å². The molecule has 1 aromatic heterocycles. The molecule has 0 aliphatic rings. The first-order valence-corrected chi connectivity index (χ1v) is 8.93. The van der Waals surface area contributed by atoms with E-state index >= 15 is 0 Å². The van der Waals surface area contributed by atoms with Crippen LogP contribution in [0.1, 0.15) is 23.4 Å². The van der Waals surface area contributed by atoms with Crippen molar-refractivity contribution in [3.05, 3.63) is 47.3 Å². The maximum Gasteiger partial charge on any atom is 0.240 e. The van der Waals surface area contributed by atoms with E-state index in [-0.39, 0.29) is 29.7 Å². The third kappa shape index (κ3) is 5.10. The van der Waals surface area contributed by atoms with Crippen LogP contribution in [-0.4, -0.2) is 30.8 Å². The Hall–Kier alpha value is -2.32. The summed E-state index contributed by atoms with van der Waals surface area (Å²) >= 11 is 0. The van der Waals surface area contributed by atoms with E-state index in [1.54, 1.807) is 32.0 Å². The number of benzene rings is 1. The lowest BCUT2D eigenvalue weighted by molar-refractivity contribution is -0.116. The van der Waals surface area contributed by atoms with E-state index < -0.39 is 10.0 Å². The van der Waals surface area contributed by atoms with Crippen LogP contribution in [0.2, 0.25) is 0 Å². The number of nitrogens with zero attached hydrogens (tertiary/aromatic N) is 2. The van der Waals surface area contributed by atoms with Crippen LogP contribution in [0.3, 0.4) is 0 Å². The SMILES string of the molecule is Cc1ccc(S(=O)(=O)NCCC(=O)Nc2nc(C)cc(C)n2)cc1. The van der Waals surface area contributed by atoms with Crippen LogP contribution in [0.5, 0.6) is 0 Å². The highest BCUT2D eigenvalue weighted by atomic mass is 32.2. The number of hydrogen-bond donors (Lipinski definition) is 2. The molecule has 24 heavy (non-hydrogen) atoms. The Bertz CT molecular complexity index is 813. The van der Waals surface area contributed by atoms with Gasteiger partial charge in [0.05, 0.1) is 4.90 Å². The fourth-order valence-corrected chi connectivity index (χ4v) is 3.10. The second-order valence-corrected chi connectivity index (χ2v) is 7.25. The van der Waals surface area contributed by atoms with Crippen LogP contribution < -0.4 is 10.0 Å². The molecule has 1 heterocycles. The third-order valence-corrected chi connectivity index (χ3v) is 4.69. The Kier molecular flexibility index (Phi) is 5.63. The minimum atomic E-state index is -3.62. The molecular weight excluding hydrogens is 328 g/mol. The lowest BCUT2D eigenvalue weighted by atomic mass is 10.2. The van der Waals surface area contributed by atoms with Crippen molar-refractivity contribution < 1.29 is 13.2 Å². The van der Waals surface area contributed by atoms with E-state index in [1.165, 1.54) is 12.1 Å². The molecule has 2 rings (SSSR count). The molecule has 0 bridgehead atoms. The van der Waals surface area contributed by atoms with Gasteiger partial charge < -0.3 is 0 Å². The summed E-state index contributed by atoms with van der Waals surface area (Å²) in [5.41, 5.74) is 2.47. The highest BCUT2D eigenvalue weighted by Crippen LogP contribution is 2.10. The number of anilines is 1. The molecular formula is C16H20N4O3S. The van der Waals surface area contributed by atoms with E-state index in [2.05, 4.69) is 20.0 Å². The smallest absolute Gasteiger partial charge is 0.240 e. The van der Waals surface area contributed by atoms with Crippen LogP contribution in [0.15, 0.2) is 35.2 Å². The highest BCUT2D eigenvalue weighted by Gasteiger charge is 2.14. The fraction of sp³-hybridized carbons (Fsp3) is 0.312. The summed E-state index contributed by atoms with van der Waals surface area (Å²) in [6, 6.07) is 8.30. The predicted octanol–water partition coefficient (Wildman–Crippen LogP) is 1.71. The zero-order chi connectivity index (χ0) is 17.7. The summed E-state index contributed by atoms with van der Waals surface area (Å²) in [4.78, 5) is 20.3. The number of sulfonamides is 1. The minimum Gasteiger partial charge on any atom is -0.294 e. The molecule has 0 saturated heterocycles.